The number of aromatic amines is 1. The lowest BCUT2D eigenvalue weighted by Gasteiger charge is -2.25. The van der Waals surface area contributed by atoms with Crippen molar-refractivity contribution in [3.8, 4) is 0 Å². The maximum absolute atomic E-state index is 12.5. The van der Waals surface area contributed by atoms with Gasteiger partial charge in [0.1, 0.15) is 5.82 Å². The first-order valence-corrected chi connectivity index (χ1v) is 10.0. The Labute approximate surface area is 161 Å². The van der Waals surface area contributed by atoms with Crippen LogP contribution in [-0.4, -0.2) is 58.3 Å². The summed E-state index contributed by atoms with van der Waals surface area (Å²) in [5.41, 5.74) is 3.13. The second kappa shape index (κ2) is 8.08. The molecular formula is C19H21N5O2S. The number of nitrogens with zero attached hydrogens (tertiary/aromatic N) is 3. The van der Waals surface area contributed by atoms with Crippen LogP contribution in [0, 0.1) is 0 Å². The molecule has 3 aromatic rings. The normalized spacial score (nSPS) is 15.1. The Morgan fingerprint density at radius 2 is 2.15 bits per heavy atom. The highest BCUT2D eigenvalue weighted by Gasteiger charge is 2.14. The monoisotopic (exact) mass is 383 g/mol. The molecule has 0 atom stereocenters. The molecule has 0 unspecified atom stereocenters. The Morgan fingerprint density at radius 1 is 1.30 bits per heavy atom. The molecule has 0 spiro atoms. The molecule has 140 valence electrons. The lowest BCUT2D eigenvalue weighted by Crippen LogP contribution is -2.35. The van der Waals surface area contributed by atoms with Gasteiger partial charge in [0.25, 0.3) is 5.91 Å². The molecule has 0 saturated carbocycles. The third-order valence-electron chi connectivity index (χ3n) is 4.47. The number of ether oxygens (including phenoxy) is 1. The van der Waals surface area contributed by atoms with E-state index in [1.165, 1.54) is 11.8 Å². The van der Waals surface area contributed by atoms with Crippen molar-refractivity contribution in [2.75, 3.05) is 37.9 Å². The molecule has 1 aliphatic heterocycles. The molecule has 0 bridgehead atoms. The van der Waals surface area contributed by atoms with E-state index in [2.05, 4.69) is 25.2 Å². The zero-order valence-electron chi connectivity index (χ0n) is 15.1. The van der Waals surface area contributed by atoms with Crippen LogP contribution in [0.2, 0.25) is 0 Å². The van der Waals surface area contributed by atoms with Gasteiger partial charge in [0.15, 0.2) is 0 Å². The molecule has 0 aliphatic carbocycles. The van der Waals surface area contributed by atoms with Crippen molar-refractivity contribution in [3.63, 3.8) is 0 Å². The van der Waals surface area contributed by atoms with E-state index in [1.807, 2.05) is 24.5 Å². The van der Waals surface area contributed by atoms with E-state index in [-0.39, 0.29) is 5.91 Å². The molecule has 2 N–H and O–H groups in total. The van der Waals surface area contributed by atoms with Crippen LogP contribution >= 0.6 is 11.8 Å². The third-order valence-corrected chi connectivity index (χ3v) is 5.11. The molecular weight excluding hydrogens is 362 g/mol. The average molecular weight is 383 g/mol. The Kier molecular flexibility index (Phi) is 5.38. The number of imidazole rings is 1. The third kappa shape index (κ3) is 4.29. The quantitative estimate of drug-likeness (QED) is 0.659. The molecule has 4 rings (SSSR count). The molecule has 2 aromatic heterocycles. The summed E-state index contributed by atoms with van der Waals surface area (Å²) in [7, 11) is 0. The molecule has 1 amide bonds. The molecule has 3 heterocycles. The number of thioether (sulfide) groups is 1. The smallest absolute Gasteiger partial charge is 0.255 e. The highest BCUT2D eigenvalue weighted by atomic mass is 32.2. The first-order valence-electron chi connectivity index (χ1n) is 8.81. The minimum Gasteiger partial charge on any atom is -0.379 e. The Morgan fingerprint density at radius 3 is 2.96 bits per heavy atom. The number of fused-ring (bicyclic) bond motifs is 1. The van der Waals surface area contributed by atoms with Crippen LogP contribution in [0.1, 0.15) is 16.2 Å². The van der Waals surface area contributed by atoms with E-state index in [9.17, 15) is 4.79 Å². The van der Waals surface area contributed by atoms with Gasteiger partial charge in [0, 0.05) is 30.5 Å². The standard InChI is InChI=1S/C19H21N5O2S/c1-27-18-10-13(4-5-20-18)19(25)21-14-2-3-15-16(11-14)23-17(22-15)12-24-6-8-26-9-7-24/h2-5,10-11H,6-9,12H2,1H3,(H,21,25)(H,22,23). The van der Waals surface area contributed by atoms with Gasteiger partial charge in [-0.15, -0.1) is 11.8 Å². The van der Waals surface area contributed by atoms with Crippen molar-refractivity contribution in [3.05, 3.63) is 47.9 Å². The second-order valence-electron chi connectivity index (χ2n) is 6.34. The van der Waals surface area contributed by atoms with Gasteiger partial charge < -0.3 is 15.0 Å². The van der Waals surface area contributed by atoms with E-state index < -0.39 is 0 Å². The van der Waals surface area contributed by atoms with Gasteiger partial charge in [-0.05, 0) is 36.6 Å². The number of hydrogen-bond acceptors (Lipinski definition) is 6. The fourth-order valence-electron chi connectivity index (χ4n) is 3.05. The summed E-state index contributed by atoms with van der Waals surface area (Å²) in [5, 5.41) is 3.76. The SMILES string of the molecule is CSc1cc(C(=O)Nc2ccc3nc(CN4CCOCC4)[nH]c3c2)ccn1. The molecule has 1 fully saturated rings. The highest BCUT2D eigenvalue weighted by Crippen LogP contribution is 2.20. The van der Waals surface area contributed by atoms with Gasteiger partial charge in [-0.25, -0.2) is 9.97 Å². The minimum absolute atomic E-state index is 0.153. The summed E-state index contributed by atoms with van der Waals surface area (Å²) in [6, 6.07) is 9.21. The molecule has 27 heavy (non-hydrogen) atoms. The predicted molar refractivity (Wildman–Crippen MR) is 106 cm³/mol. The second-order valence-corrected chi connectivity index (χ2v) is 7.17. The Balaban J connectivity index is 1.48. The van der Waals surface area contributed by atoms with Crippen LogP contribution in [0.15, 0.2) is 41.6 Å². The zero-order chi connectivity index (χ0) is 18.6. The number of aromatic nitrogens is 3. The van der Waals surface area contributed by atoms with E-state index in [1.54, 1.807) is 18.3 Å². The number of H-pyrrole nitrogens is 1. The van der Waals surface area contributed by atoms with Crippen LogP contribution in [0.5, 0.6) is 0 Å². The van der Waals surface area contributed by atoms with Crippen molar-refractivity contribution < 1.29 is 9.53 Å². The Bertz CT molecular complexity index is 952. The van der Waals surface area contributed by atoms with E-state index in [4.69, 9.17) is 4.74 Å². The van der Waals surface area contributed by atoms with E-state index in [0.717, 1.165) is 60.4 Å². The number of rotatable bonds is 5. The number of amides is 1. The fraction of sp³-hybridized carbons (Fsp3) is 0.316. The van der Waals surface area contributed by atoms with Crippen molar-refractivity contribution in [2.45, 2.75) is 11.6 Å². The summed E-state index contributed by atoms with van der Waals surface area (Å²) >= 11 is 1.51. The van der Waals surface area contributed by atoms with Crippen LogP contribution in [0.4, 0.5) is 5.69 Å². The number of benzene rings is 1. The lowest BCUT2D eigenvalue weighted by atomic mass is 10.2. The maximum Gasteiger partial charge on any atom is 0.255 e. The average Bonchev–Trinajstić information content (AvgIpc) is 3.10. The minimum atomic E-state index is -0.153. The molecule has 8 heteroatoms. The molecule has 7 nitrogen and oxygen atoms in total. The first-order chi connectivity index (χ1) is 13.2. The van der Waals surface area contributed by atoms with Gasteiger partial charge in [0.05, 0.1) is 35.8 Å². The van der Waals surface area contributed by atoms with E-state index in [0.29, 0.717) is 5.56 Å². The van der Waals surface area contributed by atoms with Crippen LogP contribution in [0.3, 0.4) is 0 Å². The van der Waals surface area contributed by atoms with Gasteiger partial charge in [-0.3, -0.25) is 9.69 Å². The fourth-order valence-corrected chi connectivity index (χ4v) is 3.46. The molecule has 1 aliphatic rings. The van der Waals surface area contributed by atoms with Gasteiger partial charge in [0.2, 0.25) is 0 Å². The summed E-state index contributed by atoms with van der Waals surface area (Å²) < 4.78 is 5.38. The highest BCUT2D eigenvalue weighted by molar-refractivity contribution is 7.98. The number of carbonyl (C=O) groups is 1. The van der Waals surface area contributed by atoms with Crippen LogP contribution < -0.4 is 5.32 Å². The number of nitrogens with one attached hydrogen (secondary N) is 2. The topological polar surface area (TPSA) is 83.1 Å². The van der Waals surface area contributed by atoms with Crippen molar-refractivity contribution in [1.29, 1.82) is 0 Å². The number of hydrogen-bond donors (Lipinski definition) is 2. The van der Waals surface area contributed by atoms with E-state index >= 15 is 0 Å². The number of morpholine rings is 1. The molecule has 1 saturated heterocycles. The van der Waals surface area contributed by atoms with Crippen LogP contribution in [0.25, 0.3) is 11.0 Å². The number of carbonyl (C=O) groups excluding carboxylic acids is 1. The molecule has 0 radical (unpaired) electrons. The zero-order valence-corrected chi connectivity index (χ0v) is 15.9. The Hall–Kier alpha value is -2.42. The van der Waals surface area contributed by atoms with Gasteiger partial charge in [-0.1, -0.05) is 0 Å². The predicted octanol–water partition coefficient (Wildman–Crippen LogP) is 2.76. The summed E-state index contributed by atoms with van der Waals surface area (Å²) in [4.78, 5) is 27.0. The largest absolute Gasteiger partial charge is 0.379 e. The molecule has 1 aromatic carbocycles. The number of anilines is 1. The lowest BCUT2D eigenvalue weighted by molar-refractivity contribution is 0.0332. The van der Waals surface area contributed by atoms with Crippen molar-refractivity contribution >= 4 is 34.4 Å². The first kappa shape index (κ1) is 18.0. The summed E-state index contributed by atoms with van der Waals surface area (Å²) in [5.74, 6) is 0.772. The van der Waals surface area contributed by atoms with Crippen molar-refractivity contribution in [2.24, 2.45) is 0 Å². The van der Waals surface area contributed by atoms with Crippen molar-refractivity contribution in [1.82, 2.24) is 19.9 Å². The van der Waals surface area contributed by atoms with Gasteiger partial charge >= 0.3 is 0 Å². The number of pyridine rings is 1. The van der Waals surface area contributed by atoms with Gasteiger partial charge in [-0.2, -0.15) is 0 Å². The summed E-state index contributed by atoms with van der Waals surface area (Å²) in [6.45, 7) is 4.15. The summed E-state index contributed by atoms with van der Waals surface area (Å²) in [6.07, 6.45) is 3.58. The maximum atomic E-state index is 12.5. The van der Waals surface area contributed by atoms with Crippen LogP contribution in [-0.2, 0) is 11.3 Å².